The summed E-state index contributed by atoms with van der Waals surface area (Å²) in [6.07, 6.45) is 3.17. The van der Waals surface area contributed by atoms with Crippen LogP contribution in [0.3, 0.4) is 0 Å². The van der Waals surface area contributed by atoms with Crippen molar-refractivity contribution in [1.82, 2.24) is 4.98 Å². The molecule has 0 aliphatic rings. The zero-order chi connectivity index (χ0) is 19.9. The SMILES string of the molecule is CC(=O)c1cccc(NC(=O)/C=C/c2ccc(OCc3csc(C)n3)cc2)c1. The quantitative estimate of drug-likeness (QED) is 0.459. The number of rotatable bonds is 7. The maximum atomic E-state index is 12.1. The summed E-state index contributed by atoms with van der Waals surface area (Å²) in [5, 5.41) is 5.75. The van der Waals surface area contributed by atoms with Crippen LogP contribution in [0.25, 0.3) is 6.08 Å². The number of hydrogen-bond donors (Lipinski definition) is 1. The smallest absolute Gasteiger partial charge is 0.248 e. The summed E-state index contributed by atoms with van der Waals surface area (Å²) in [5.41, 5.74) is 2.94. The molecule has 0 radical (unpaired) electrons. The fraction of sp³-hybridized carbons (Fsp3) is 0.136. The summed E-state index contributed by atoms with van der Waals surface area (Å²) < 4.78 is 5.71. The first-order valence-corrected chi connectivity index (χ1v) is 9.61. The van der Waals surface area contributed by atoms with Gasteiger partial charge in [0.05, 0.1) is 10.7 Å². The molecule has 28 heavy (non-hydrogen) atoms. The molecule has 142 valence electrons. The van der Waals surface area contributed by atoms with Gasteiger partial charge in [0.2, 0.25) is 5.91 Å². The van der Waals surface area contributed by atoms with E-state index in [2.05, 4.69) is 10.3 Å². The number of aromatic nitrogens is 1. The average Bonchev–Trinajstić information content (AvgIpc) is 3.11. The molecule has 1 heterocycles. The van der Waals surface area contributed by atoms with E-state index in [9.17, 15) is 9.59 Å². The highest BCUT2D eigenvalue weighted by atomic mass is 32.1. The van der Waals surface area contributed by atoms with Crippen LogP contribution >= 0.6 is 11.3 Å². The molecule has 3 rings (SSSR count). The van der Waals surface area contributed by atoms with Gasteiger partial charge in [0.15, 0.2) is 5.78 Å². The molecule has 0 aliphatic heterocycles. The number of nitrogens with zero attached hydrogens (tertiary/aromatic N) is 1. The molecule has 0 fully saturated rings. The Labute approximate surface area is 167 Å². The second-order valence-corrected chi connectivity index (χ2v) is 7.24. The number of ketones is 1. The number of hydrogen-bond acceptors (Lipinski definition) is 5. The molecule has 1 N–H and O–H groups in total. The molecule has 3 aromatic rings. The van der Waals surface area contributed by atoms with Crippen LogP contribution in [0.1, 0.15) is 33.5 Å². The van der Waals surface area contributed by atoms with Crippen molar-refractivity contribution in [2.24, 2.45) is 0 Å². The number of ether oxygens (including phenoxy) is 1. The van der Waals surface area contributed by atoms with E-state index in [-0.39, 0.29) is 11.7 Å². The molecular formula is C22H20N2O3S. The summed E-state index contributed by atoms with van der Waals surface area (Å²) in [7, 11) is 0. The highest BCUT2D eigenvalue weighted by Gasteiger charge is 2.03. The Bertz CT molecular complexity index is 1010. The van der Waals surface area contributed by atoms with Gasteiger partial charge in [0, 0.05) is 22.7 Å². The van der Waals surface area contributed by atoms with Gasteiger partial charge in [-0.15, -0.1) is 11.3 Å². The van der Waals surface area contributed by atoms with E-state index in [4.69, 9.17) is 4.74 Å². The Morgan fingerprint density at radius 2 is 1.96 bits per heavy atom. The molecule has 0 saturated heterocycles. The Kier molecular flexibility index (Phi) is 6.34. The van der Waals surface area contributed by atoms with Gasteiger partial charge in [-0.2, -0.15) is 0 Å². The van der Waals surface area contributed by atoms with E-state index in [1.807, 2.05) is 36.6 Å². The molecule has 0 unspecified atom stereocenters. The number of nitrogens with one attached hydrogen (secondary N) is 1. The molecule has 1 amide bonds. The minimum Gasteiger partial charge on any atom is -0.487 e. The first-order chi connectivity index (χ1) is 13.5. The molecule has 0 aliphatic carbocycles. The Balaban J connectivity index is 1.54. The summed E-state index contributed by atoms with van der Waals surface area (Å²) in [6, 6.07) is 14.3. The first kappa shape index (κ1) is 19.5. The fourth-order valence-electron chi connectivity index (χ4n) is 2.48. The van der Waals surface area contributed by atoms with Crippen LogP contribution < -0.4 is 10.1 Å². The Hall–Kier alpha value is -3.25. The van der Waals surface area contributed by atoms with Crippen molar-refractivity contribution in [3.05, 3.63) is 81.8 Å². The summed E-state index contributed by atoms with van der Waals surface area (Å²) >= 11 is 1.60. The molecule has 0 atom stereocenters. The topological polar surface area (TPSA) is 68.3 Å². The number of carbonyl (C=O) groups is 2. The molecule has 1 aromatic heterocycles. The van der Waals surface area contributed by atoms with Crippen LogP contribution in [0.4, 0.5) is 5.69 Å². The van der Waals surface area contributed by atoms with Crippen molar-refractivity contribution >= 4 is 34.8 Å². The zero-order valence-electron chi connectivity index (χ0n) is 15.6. The molecule has 0 saturated carbocycles. The van der Waals surface area contributed by atoms with Crippen molar-refractivity contribution in [1.29, 1.82) is 0 Å². The third kappa shape index (κ3) is 5.62. The van der Waals surface area contributed by atoms with Gasteiger partial charge in [0.1, 0.15) is 12.4 Å². The van der Waals surface area contributed by atoms with Crippen molar-refractivity contribution in [2.75, 3.05) is 5.32 Å². The standard InChI is InChI=1S/C22H20N2O3S/c1-15(25)18-4-3-5-19(12-18)24-22(26)11-8-17-6-9-21(10-7-17)27-13-20-14-28-16(2)23-20/h3-12,14H,13H2,1-2H3,(H,24,26)/b11-8+. The highest BCUT2D eigenvalue weighted by Crippen LogP contribution is 2.16. The maximum absolute atomic E-state index is 12.1. The minimum atomic E-state index is -0.264. The van der Waals surface area contributed by atoms with E-state index in [0.29, 0.717) is 17.9 Å². The normalized spacial score (nSPS) is 10.8. The number of Topliss-reactive ketones (excluding diaryl/α,β-unsaturated/α-hetero) is 1. The Morgan fingerprint density at radius 3 is 2.64 bits per heavy atom. The van der Waals surface area contributed by atoms with Crippen LogP contribution in [0.15, 0.2) is 60.0 Å². The van der Waals surface area contributed by atoms with Gasteiger partial charge in [-0.3, -0.25) is 9.59 Å². The van der Waals surface area contributed by atoms with Crippen molar-refractivity contribution in [2.45, 2.75) is 20.5 Å². The van der Waals surface area contributed by atoms with Gasteiger partial charge < -0.3 is 10.1 Å². The number of anilines is 1. The lowest BCUT2D eigenvalue weighted by Gasteiger charge is -2.05. The predicted octanol–water partition coefficient (Wildman–Crippen LogP) is 4.89. The maximum Gasteiger partial charge on any atom is 0.248 e. The van der Waals surface area contributed by atoms with Crippen LogP contribution in [0.5, 0.6) is 5.75 Å². The van der Waals surface area contributed by atoms with E-state index < -0.39 is 0 Å². The van der Waals surface area contributed by atoms with Crippen LogP contribution in [-0.2, 0) is 11.4 Å². The highest BCUT2D eigenvalue weighted by molar-refractivity contribution is 7.09. The number of aryl methyl sites for hydroxylation is 1. The minimum absolute atomic E-state index is 0.0427. The Morgan fingerprint density at radius 1 is 1.18 bits per heavy atom. The number of benzene rings is 2. The van der Waals surface area contributed by atoms with E-state index in [1.165, 1.54) is 13.0 Å². The molecule has 0 bridgehead atoms. The largest absolute Gasteiger partial charge is 0.487 e. The second kappa shape index (κ2) is 9.10. The number of thiazole rings is 1. The first-order valence-electron chi connectivity index (χ1n) is 8.73. The van der Waals surface area contributed by atoms with Gasteiger partial charge in [-0.25, -0.2) is 4.98 Å². The average molecular weight is 392 g/mol. The van der Waals surface area contributed by atoms with Gasteiger partial charge in [-0.1, -0.05) is 24.3 Å². The predicted molar refractivity (Wildman–Crippen MR) is 112 cm³/mol. The summed E-state index contributed by atoms with van der Waals surface area (Å²) in [5.74, 6) is 0.437. The van der Waals surface area contributed by atoms with Gasteiger partial charge in [-0.05, 0) is 49.8 Å². The molecule has 0 spiro atoms. The van der Waals surface area contributed by atoms with Crippen molar-refractivity contribution < 1.29 is 14.3 Å². The van der Waals surface area contributed by atoms with Crippen molar-refractivity contribution in [3.8, 4) is 5.75 Å². The number of carbonyl (C=O) groups excluding carboxylic acids is 2. The third-order valence-electron chi connectivity index (χ3n) is 3.90. The second-order valence-electron chi connectivity index (χ2n) is 6.18. The molecular weight excluding hydrogens is 372 g/mol. The van der Waals surface area contributed by atoms with Gasteiger partial charge >= 0.3 is 0 Å². The number of amides is 1. The molecule has 2 aromatic carbocycles. The van der Waals surface area contributed by atoms with E-state index in [0.717, 1.165) is 22.0 Å². The summed E-state index contributed by atoms with van der Waals surface area (Å²) in [6.45, 7) is 3.89. The van der Waals surface area contributed by atoms with Crippen LogP contribution in [-0.4, -0.2) is 16.7 Å². The molecule has 6 heteroatoms. The van der Waals surface area contributed by atoms with Crippen LogP contribution in [0, 0.1) is 6.92 Å². The fourth-order valence-corrected chi connectivity index (χ4v) is 3.08. The lowest BCUT2D eigenvalue weighted by atomic mass is 10.1. The molecule has 5 nitrogen and oxygen atoms in total. The van der Waals surface area contributed by atoms with Gasteiger partial charge in [0.25, 0.3) is 0 Å². The summed E-state index contributed by atoms with van der Waals surface area (Å²) in [4.78, 5) is 27.9. The van der Waals surface area contributed by atoms with E-state index >= 15 is 0 Å². The van der Waals surface area contributed by atoms with Crippen LogP contribution in [0.2, 0.25) is 0 Å². The monoisotopic (exact) mass is 392 g/mol. The lowest BCUT2D eigenvalue weighted by Crippen LogP contribution is -2.08. The lowest BCUT2D eigenvalue weighted by molar-refractivity contribution is -0.111. The van der Waals surface area contributed by atoms with E-state index in [1.54, 1.807) is 41.7 Å². The van der Waals surface area contributed by atoms with Crippen molar-refractivity contribution in [3.63, 3.8) is 0 Å². The third-order valence-corrected chi connectivity index (χ3v) is 4.72. The zero-order valence-corrected chi connectivity index (χ0v) is 16.5.